The number of nitrogens with zero attached hydrogens (tertiary/aromatic N) is 2. The van der Waals surface area contributed by atoms with E-state index >= 15 is 0 Å². The van der Waals surface area contributed by atoms with Crippen molar-refractivity contribution in [2.45, 2.75) is 21.4 Å². The molecule has 10 rings (SSSR count). The van der Waals surface area contributed by atoms with E-state index in [0.717, 1.165) is 9.52 Å². The molecule has 6 aromatic rings. The Morgan fingerprint density at radius 1 is 0.683 bits per heavy atom. The topological polar surface area (TPSA) is 8.17 Å². The Hall–Kier alpha value is -4.19. The highest BCUT2D eigenvalue weighted by molar-refractivity contribution is 8.00. The fourth-order valence-corrected chi connectivity index (χ4v) is 10.4. The average Bonchev–Trinajstić information content (AvgIpc) is 3.37. The zero-order valence-corrected chi connectivity index (χ0v) is 24.0. The number of rotatable bonds is 1. The lowest BCUT2D eigenvalue weighted by Crippen LogP contribution is -2.58. The first-order valence-corrected chi connectivity index (χ1v) is 16.2. The van der Waals surface area contributed by atoms with Gasteiger partial charge in [-0.2, -0.15) is 0 Å². The molecule has 2 radical (unpaired) electrons. The van der Waals surface area contributed by atoms with Crippen LogP contribution in [0.1, 0.15) is 0 Å². The normalized spacial score (nSPS) is 19.2. The minimum absolute atomic E-state index is 0.229. The number of benzene rings is 5. The summed E-state index contributed by atoms with van der Waals surface area (Å²) < 4.78 is 2.57. The van der Waals surface area contributed by atoms with Gasteiger partial charge in [0.05, 0.1) is 21.1 Å². The van der Waals surface area contributed by atoms with E-state index in [1.807, 2.05) is 11.8 Å². The summed E-state index contributed by atoms with van der Waals surface area (Å²) in [6.45, 7) is 0.229. The van der Waals surface area contributed by atoms with Crippen LogP contribution in [0.3, 0.4) is 0 Å². The number of fused-ring (bicyclic) bond motifs is 9. The molecule has 1 aromatic heterocycles. The van der Waals surface area contributed by atoms with E-state index in [4.69, 9.17) is 0 Å². The molecule has 190 valence electrons. The lowest BCUT2D eigenvalue weighted by Gasteiger charge is -2.43. The molecule has 4 aliphatic rings. The first kappa shape index (κ1) is 22.5. The van der Waals surface area contributed by atoms with Crippen molar-refractivity contribution in [3.05, 3.63) is 127 Å². The zero-order valence-electron chi connectivity index (χ0n) is 22.2. The lowest BCUT2D eigenvalue weighted by molar-refractivity contribution is 0.770. The van der Waals surface area contributed by atoms with E-state index in [9.17, 15) is 0 Å². The molecule has 2 atom stereocenters. The standard InChI is InChI=1S/C36H23BN2SSi/c1-3-14-27-23(10-1)24-11-9-13-26-36(24)39(27)30-20-22(21-32-35(30)37(26)25-12-2-6-17-31(25)40-32)38-28-15-4-7-18-33(28)41-34-19-8-5-16-29(34)38/h1-21,28,33H. The maximum atomic E-state index is 2.62. The highest BCUT2D eigenvalue weighted by Crippen LogP contribution is 2.44. The monoisotopic (exact) mass is 554 g/mol. The second-order valence-corrected chi connectivity index (χ2v) is 13.9. The van der Waals surface area contributed by atoms with E-state index in [1.54, 1.807) is 0 Å². The summed E-state index contributed by atoms with van der Waals surface area (Å²) in [7, 11) is 0.780. The van der Waals surface area contributed by atoms with Crippen molar-refractivity contribution in [3.8, 4) is 5.69 Å². The van der Waals surface area contributed by atoms with Gasteiger partial charge in [0, 0.05) is 43.1 Å². The van der Waals surface area contributed by atoms with Crippen LogP contribution >= 0.6 is 11.8 Å². The molecule has 0 saturated carbocycles. The van der Waals surface area contributed by atoms with E-state index in [0.29, 0.717) is 11.6 Å². The molecule has 0 fully saturated rings. The molecule has 2 unspecified atom stereocenters. The maximum absolute atomic E-state index is 2.62. The summed E-state index contributed by atoms with van der Waals surface area (Å²) >= 11 is 1.94. The van der Waals surface area contributed by atoms with Gasteiger partial charge in [0.25, 0.3) is 0 Å². The van der Waals surface area contributed by atoms with Crippen LogP contribution in [0.25, 0.3) is 27.5 Å². The predicted octanol–water partition coefficient (Wildman–Crippen LogP) is 5.84. The minimum Gasteiger partial charge on any atom is -0.334 e. The summed E-state index contributed by atoms with van der Waals surface area (Å²) in [6.07, 6.45) is 9.28. The zero-order chi connectivity index (χ0) is 26.7. The van der Waals surface area contributed by atoms with Crippen molar-refractivity contribution in [1.29, 1.82) is 0 Å². The third-order valence-electron chi connectivity index (χ3n) is 9.29. The van der Waals surface area contributed by atoms with Crippen LogP contribution < -0.4 is 26.5 Å². The van der Waals surface area contributed by atoms with Crippen LogP contribution in [0.4, 0.5) is 11.4 Å². The highest BCUT2D eigenvalue weighted by atomic mass is 32.2. The second kappa shape index (κ2) is 8.19. The van der Waals surface area contributed by atoms with Crippen LogP contribution in [-0.2, 0) is 0 Å². The molecule has 41 heavy (non-hydrogen) atoms. The van der Waals surface area contributed by atoms with Crippen molar-refractivity contribution in [2.75, 3.05) is 4.90 Å². The van der Waals surface area contributed by atoms with Gasteiger partial charge in [-0.15, -0.1) is 0 Å². The van der Waals surface area contributed by atoms with Crippen LogP contribution in [0.2, 0.25) is 5.54 Å². The Balaban J connectivity index is 1.33. The fraction of sp³-hybridized carbons (Fsp3) is 0.0556. The molecule has 0 N–H and O–H groups in total. The summed E-state index contributed by atoms with van der Waals surface area (Å²) in [4.78, 5) is 5.36. The third-order valence-corrected chi connectivity index (χ3v) is 12.0. The largest absolute Gasteiger partial charge is 0.334 e. The summed E-state index contributed by atoms with van der Waals surface area (Å²) in [5.74, 6) is 0. The number of hydrogen-bond donors (Lipinski definition) is 0. The van der Waals surface area contributed by atoms with E-state index in [-0.39, 0.29) is 6.71 Å². The van der Waals surface area contributed by atoms with Crippen molar-refractivity contribution < 1.29 is 0 Å². The first-order chi connectivity index (χ1) is 20.3. The quantitative estimate of drug-likeness (QED) is 0.236. The first-order valence-electron chi connectivity index (χ1n) is 14.3. The molecule has 0 saturated heterocycles. The van der Waals surface area contributed by atoms with Crippen LogP contribution in [0.15, 0.2) is 137 Å². The van der Waals surface area contributed by atoms with Crippen LogP contribution in [0, 0.1) is 0 Å². The predicted molar refractivity (Wildman–Crippen MR) is 176 cm³/mol. The molecule has 2 nitrogen and oxygen atoms in total. The maximum Gasteiger partial charge on any atom is 0.249 e. The van der Waals surface area contributed by atoms with Crippen LogP contribution in [-0.4, -0.2) is 26.8 Å². The Morgan fingerprint density at radius 3 is 2.49 bits per heavy atom. The minimum atomic E-state index is 0.229. The molecule has 1 aliphatic carbocycles. The Labute approximate surface area is 245 Å². The number of anilines is 2. The smallest absolute Gasteiger partial charge is 0.249 e. The van der Waals surface area contributed by atoms with Gasteiger partial charge in [-0.1, -0.05) is 114 Å². The van der Waals surface area contributed by atoms with Crippen molar-refractivity contribution in [1.82, 2.24) is 4.57 Å². The summed E-state index contributed by atoms with van der Waals surface area (Å²) in [5.41, 5.74) is 11.4. The lowest BCUT2D eigenvalue weighted by atomic mass is 9.35. The summed E-state index contributed by atoms with van der Waals surface area (Å²) in [6, 6.07) is 39.2. The molecule has 4 heterocycles. The Kier molecular flexibility index (Phi) is 4.49. The van der Waals surface area contributed by atoms with Crippen molar-refractivity contribution in [3.63, 3.8) is 0 Å². The number of hydrogen-bond acceptors (Lipinski definition) is 2. The van der Waals surface area contributed by atoms with Gasteiger partial charge in [-0.25, -0.2) is 0 Å². The second-order valence-electron chi connectivity index (χ2n) is 11.4. The van der Waals surface area contributed by atoms with Gasteiger partial charge in [0.2, 0.25) is 6.71 Å². The van der Waals surface area contributed by atoms with E-state index in [2.05, 4.69) is 137 Å². The number of aromatic nitrogens is 1. The Morgan fingerprint density at radius 2 is 1.49 bits per heavy atom. The van der Waals surface area contributed by atoms with Gasteiger partial charge in [-0.05, 0) is 52.0 Å². The van der Waals surface area contributed by atoms with Gasteiger partial charge >= 0.3 is 0 Å². The van der Waals surface area contributed by atoms with Crippen LogP contribution in [0.5, 0.6) is 0 Å². The third kappa shape index (κ3) is 2.95. The molecular weight excluding hydrogens is 531 g/mol. The fourth-order valence-electron chi connectivity index (χ4n) is 7.67. The Bertz CT molecular complexity index is 2160. The van der Waals surface area contributed by atoms with Crippen molar-refractivity contribution >= 4 is 82.7 Å². The summed E-state index contributed by atoms with van der Waals surface area (Å²) in [5, 5.41) is 4.12. The molecule has 3 aliphatic heterocycles. The van der Waals surface area contributed by atoms with E-state index < -0.39 is 0 Å². The molecule has 5 heteroatoms. The van der Waals surface area contributed by atoms with Gasteiger partial charge in [0.15, 0.2) is 0 Å². The average molecular weight is 555 g/mol. The van der Waals surface area contributed by atoms with Gasteiger partial charge in [-0.3, -0.25) is 0 Å². The van der Waals surface area contributed by atoms with Crippen molar-refractivity contribution in [2.24, 2.45) is 0 Å². The highest BCUT2D eigenvalue weighted by Gasteiger charge is 2.41. The molecular formula is C36H23BN2SSi. The number of allylic oxidation sites excluding steroid dienone is 2. The molecule has 0 amide bonds. The van der Waals surface area contributed by atoms with E-state index in [1.165, 1.54) is 70.2 Å². The SMILES string of the molecule is C1=CC2[Si]c3ccccc3N(c3cc4c5c(c3)-n3c6ccccc6c6cccc(c63)B5c3ccccc3S4)C2C=C1. The van der Waals surface area contributed by atoms with Gasteiger partial charge in [0.1, 0.15) is 0 Å². The molecule has 0 spiro atoms. The number of para-hydroxylation sites is 3. The van der Waals surface area contributed by atoms with Gasteiger partial charge < -0.3 is 9.47 Å². The molecule has 0 bridgehead atoms. The molecule has 5 aromatic carbocycles.